The summed E-state index contributed by atoms with van der Waals surface area (Å²) in [6, 6.07) is 5.46. The Kier molecular flexibility index (Phi) is 8.35. The van der Waals surface area contributed by atoms with Crippen molar-refractivity contribution in [2.75, 3.05) is 10.6 Å². The topological polar surface area (TPSA) is 95.5 Å². The van der Waals surface area contributed by atoms with E-state index < -0.39 is 5.97 Å². The fourth-order valence-corrected chi connectivity index (χ4v) is 2.75. The summed E-state index contributed by atoms with van der Waals surface area (Å²) >= 11 is 0. The number of carboxylic acid groups (broad SMARTS) is 1. The summed E-state index contributed by atoms with van der Waals surface area (Å²) in [5, 5.41) is 15.1. The van der Waals surface area contributed by atoms with E-state index in [1.54, 1.807) is 54.9 Å². The Labute approximate surface area is 184 Å². The van der Waals surface area contributed by atoms with Gasteiger partial charge in [0.05, 0.1) is 11.4 Å². The van der Waals surface area contributed by atoms with Gasteiger partial charge in [-0.3, -0.25) is 14.4 Å². The molecule has 0 amide bonds. The average molecular weight is 444 g/mol. The van der Waals surface area contributed by atoms with Crippen molar-refractivity contribution < 1.29 is 36.6 Å². The summed E-state index contributed by atoms with van der Waals surface area (Å²) in [5.41, 5.74) is 3.21. The van der Waals surface area contributed by atoms with Crippen molar-refractivity contribution in [2.45, 2.75) is 12.8 Å². The van der Waals surface area contributed by atoms with Gasteiger partial charge in [-0.2, -0.15) is 0 Å². The number of aliphatic carboxylic acids is 1. The maximum atomic E-state index is 11.9. The smallest absolute Gasteiger partial charge is 0.303 e. The molecule has 0 fully saturated rings. The first-order valence-electron chi connectivity index (χ1n) is 9.09. The standard InChI is InChI=1S/C23H20N2O4.Fe/c26-21-7-3-1-5-17(21)14-24-19-11-9-16(10-12-23(28)29)13-20(19)25-15-18-6-2-4-8-22(18)27;/h1-9,11,13-15,24-25H,10,12H2,(H,28,29);/b17-14-,18-15-;. The number of hydrogen-bond donors (Lipinski definition) is 3. The van der Waals surface area contributed by atoms with Gasteiger partial charge in [0.25, 0.3) is 0 Å². The van der Waals surface area contributed by atoms with Gasteiger partial charge in [-0.15, -0.1) is 0 Å². The van der Waals surface area contributed by atoms with E-state index >= 15 is 0 Å². The molecule has 0 radical (unpaired) electrons. The van der Waals surface area contributed by atoms with E-state index in [0.717, 1.165) is 5.56 Å². The molecule has 6 nitrogen and oxygen atoms in total. The summed E-state index contributed by atoms with van der Waals surface area (Å²) in [6.45, 7) is 0. The zero-order valence-corrected chi connectivity index (χ0v) is 17.0. The molecule has 0 heterocycles. The van der Waals surface area contributed by atoms with E-state index in [1.165, 1.54) is 12.2 Å². The van der Waals surface area contributed by atoms with Crippen LogP contribution < -0.4 is 10.6 Å². The number of carbonyl (C=O) groups excluding carboxylic acids is 2. The third-order valence-electron chi connectivity index (χ3n) is 4.32. The second kappa shape index (κ2) is 11.0. The number of ketones is 2. The fourth-order valence-electron chi connectivity index (χ4n) is 2.75. The molecule has 0 unspecified atom stereocenters. The van der Waals surface area contributed by atoms with Crippen LogP contribution in [0.4, 0.5) is 11.4 Å². The number of benzene rings is 1. The van der Waals surface area contributed by atoms with Gasteiger partial charge < -0.3 is 15.7 Å². The van der Waals surface area contributed by atoms with Crippen LogP contribution in [0.25, 0.3) is 0 Å². The average Bonchev–Trinajstić information content (AvgIpc) is 2.71. The van der Waals surface area contributed by atoms with Gasteiger partial charge in [0, 0.05) is 47.0 Å². The Bertz CT molecular complexity index is 1030. The van der Waals surface area contributed by atoms with Gasteiger partial charge in [-0.25, -0.2) is 0 Å². The third kappa shape index (κ3) is 6.30. The zero-order chi connectivity index (χ0) is 20.6. The minimum Gasteiger partial charge on any atom is -0.481 e. The quantitative estimate of drug-likeness (QED) is 0.439. The number of aryl methyl sites for hydroxylation is 1. The Morgan fingerprint density at radius 2 is 1.37 bits per heavy atom. The number of carbonyl (C=O) groups is 3. The molecule has 1 aromatic rings. The van der Waals surface area contributed by atoms with Crippen LogP contribution in [-0.4, -0.2) is 22.6 Å². The van der Waals surface area contributed by atoms with Crippen molar-refractivity contribution in [1.29, 1.82) is 0 Å². The number of rotatable bonds is 7. The van der Waals surface area contributed by atoms with Crippen LogP contribution in [0.15, 0.2) is 90.4 Å². The summed E-state index contributed by atoms with van der Waals surface area (Å²) < 4.78 is 0. The van der Waals surface area contributed by atoms with Gasteiger partial charge in [-0.1, -0.05) is 30.4 Å². The van der Waals surface area contributed by atoms with Gasteiger partial charge in [-0.05, 0) is 48.4 Å². The minimum atomic E-state index is -0.867. The van der Waals surface area contributed by atoms with E-state index in [2.05, 4.69) is 10.6 Å². The van der Waals surface area contributed by atoms with Crippen molar-refractivity contribution in [3.8, 4) is 0 Å². The molecule has 2 aliphatic rings. The molecule has 1 aromatic carbocycles. The second-order valence-corrected chi connectivity index (χ2v) is 6.43. The van der Waals surface area contributed by atoms with Crippen LogP contribution in [0.3, 0.4) is 0 Å². The van der Waals surface area contributed by atoms with Crippen LogP contribution in [-0.2, 0) is 37.9 Å². The molecule has 7 heteroatoms. The normalized spacial score (nSPS) is 17.3. The zero-order valence-electron chi connectivity index (χ0n) is 15.9. The van der Waals surface area contributed by atoms with Crippen molar-refractivity contribution in [3.05, 3.63) is 95.9 Å². The van der Waals surface area contributed by atoms with Crippen LogP contribution in [0.2, 0.25) is 0 Å². The van der Waals surface area contributed by atoms with Crippen molar-refractivity contribution >= 4 is 28.9 Å². The first-order valence-corrected chi connectivity index (χ1v) is 9.09. The molecule has 2 aliphatic carbocycles. The summed E-state index contributed by atoms with van der Waals surface area (Å²) in [7, 11) is 0. The van der Waals surface area contributed by atoms with Gasteiger partial charge in [0.1, 0.15) is 0 Å². The van der Waals surface area contributed by atoms with Crippen LogP contribution in [0.1, 0.15) is 12.0 Å². The number of nitrogens with one attached hydrogen (secondary N) is 2. The predicted molar refractivity (Wildman–Crippen MR) is 112 cm³/mol. The van der Waals surface area contributed by atoms with E-state index in [4.69, 9.17) is 5.11 Å². The van der Waals surface area contributed by atoms with Crippen LogP contribution >= 0.6 is 0 Å². The molecule has 0 aliphatic heterocycles. The maximum absolute atomic E-state index is 11.9. The van der Waals surface area contributed by atoms with E-state index in [9.17, 15) is 14.4 Å². The second-order valence-electron chi connectivity index (χ2n) is 6.43. The molecule has 0 atom stereocenters. The van der Waals surface area contributed by atoms with Gasteiger partial charge in [0.2, 0.25) is 0 Å². The van der Waals surface area contributed by atoms with Crippen LogP contribution in [0.5, 0.6) is 0 Å². The molecule has 0 aromatic heterocycles. The Hall–Kier alpha value is -3.41. The minimum absolute atomic E-state index is 0. The first kappa shape index (κ1) is 22.9. The third-order valence-corrected chi connectivity index (χ3v) is 4.32. The van der Waals surface area contributed by atoms with Crippen molar-refractivity contribution in [1.82, 2.24) is 0 Å². The molecule has 0 saturated heterocycles. The largest absolute Gasteiger partial charge is 0.481 e. The van der Waals surface area contributed by atoms with E-state index in [-0.39, 0.29) is 35.1 Å². The Balaban J connectivity index is 0.00000320. The number of allylic oxidation sites excluding steroid dienone is 10. The van der Waals surface area contributed by atoms with E-state index in [1.807, 2.05) is 12.1 Å². The molecule has 154 valence electrons. The van der Waals surface area contributed by atoms with Gasteiger partial charge in [0.15, 0.2) is 11.6 Å². The molecule has 0 saturated carbocycles. The Morgan fingerprint density at radius 3 is 1.90 bits per heavy atom. The monoisotopic (exact) mass is 444 g/mol. The molecule has 0 spiro atoms. The molecule has 30 heavy (non-hydrogen) atoms. The van der Waals surface area contributed by atoms with Crippen molar-refractivity contribution in [3.63, 3.8) is 0 Å². The van der Waals surface area contributed by atoms with Crippen molar-refractivity contribution in [2.24, 2.45) is 0 Å². The maximum Gasteiger partial charge on any atom is 0.303 e. The van der Waals surface area contributed by atoms with Crippen LogP contribution in [0, 0.1) is 0 Å². The molecular formula is C23H20FeN2O4. The van der Waals surface area contributed by atoms with E-state index in [0.29, 0.717) is 28.9 Å². The summed E-state index contributed by atoms with van der Waals surface area (Å²) in [6.07, 6.45) is 16.9. The molecule has 3 N–H and O–H groups in total. The summed E-state index contributed by atoms with van der Waals surface area (Å²) in [4.78, 5) is 34.7. The first-order chi connectivity index (χ1) is 14.0. The molecule has 0 bridgehead atoms. The SMILES string of the molecule is O=C(O)CCc1ccc(N/C=C2/C=CC=CC2=O)c(N/C=C2/C=CC=CC2=O)c1.[Fe]. The molecular weight excluding hydrogens is 424 g/mol. The molecule has 3 rings (SSSR count). The number of hydrogen-bond acceptors (Lipinski definition) is 5. The predicted octanol–water partition coefficient (Wildman–Crippen LogP) is 3.68. The Morgan fingerprint density at radius 1 is 0.833 bits per heavy atom. The summed E-state index contributed by atoms with van der Waals surface area (Å²) in [5.74, 6) is -1.07. The number of carboxylic acids is 1. The fraction of sp³-hybridized carbons (Fsp3) is 0.0870. The number of anilines is 2. The van der Waals surface area contributed by atoms with Gasteiger partial charge >= 0.3 is 5.97 Å².